The molecule has 1 rings (SSSR count). The molecule has 15 heavy (non-hydrogen) atoms. The zero-order valence-electron chi connectivity index (χ0n) is 8.66. The molecule has 6 heteroatoms. The van der Waals surface area contributed by atoms with Crippen molar-refractivity contribution in [2.24, 2.45) is 5.73 Å². The van der Waals surface area contributed by atoms with Crippen LogP contribution in [0.2, 0.25) is 0 Å². The summed E-state index contributed by atoms with van der Waals surface area (Å²) in [7, 11) is 0. The van der Waals surface area contributed by atoms with E-state index >= 15 is 0 Å². The Morgan fingerprint density at radius 3 is 2.80 bits per heavy atom. The number of hydrogen-bond donors (Lipinski definition) is 3. The van der Waals surface area contributed by atoms with Crippen molar-refractivity contribution in [3.63, 3.8) is 0 Å². The van der Waals surface area contributed by atoms with Gasteiger partial charge in [-0.25, -0.2) is 0 Å². The van der Waals surface area contributed by atoms with Crippen molar-refractivity contribution in [3.05, 3.63) is 17.8 Å². The minimum Gasteiger partial charge on any atom is -0.367 e. The summed E-state index contributed by atoms with van der Waals surface area (Å²) in [6.07, 6.45) is 0. The van der Waals surface area contributed by atoms with Crippen LogP contribution in [-0.2, 0) is 0 Å². The lowest BCUT2D eigenvalue weighted by atomic mass is 10.3. The van der Waals surface area contributed by atoms with Crippen LogP contribution in [0.15, 0.2) is 12.1 Å². The van der Waals surface area contributed by atoms with Crippen LogP contribution in [-0.4, -0.2) is 35.7 Å². The summed E-state index contributed by atoms with van der Waals surface area (Å²) in [5, 5.41) is 13.2. The summed E-state index contributed by atoms with van der Waals surface area (Å²) in [6, 6.07) is 3.32. The van der Waals surface area contributed by atoms with E-state index in [-0.39, 0.29) is 5.91 Å². The predicted octanol–water partition coefficient (Wildman–Crippen LogP) is -0.403. The van der Waals surface area contributed by atoms with Crippen molar-refractivity contribution < 1.29 is 4.79 Å². The second-order valence-corrected chi connectivity index (χ2v) is 2.88. The molecule has 0 aliphatic heterocycles. The Morgan fingerprint density at radius 1 is 1.47 bits per heavy atom. The third-order valence-electron chi connectivity index (χ3n) is 1.68. The van der Waals surface area contributed by atoms with Gasteiger partial charge >= 0.3 is 0 Å². The molecule has 82 valence electrons. The molecule has 0 aliphatic carbocycles. The maximum atomic E-state index is 11.3. The quantitative estimate of drug-likeness (QED) is 0.613. The van der Waals surface area contributed by atoms with Crippen LogP contribution in [0.5, 0.6) is 0 Å². The SMILES string of the molecule is CCNC(=O)c1ccc(NCCN)nn1. The molecule has 0 spiro atoms. The number of carbonyl (C=O) groups is 1. The molecule has 1 amide bonds. The van der Waals surface area contributed by atoms with Gasteiger partial charge < -0.3 is 16.4 Å². The van der Waals surface area contributed by atoms with E-state index in [0.717, 1.165) is 0 Å². The standard InChI is InChI=1S/C9H15N5O/c1-2-11-9(15)7-3-4-8(14-13-7)12-6-5-10/h3-4H,2,5-6,10H2,1H3,(H,11,15)(H,12,14). The van der Waals surface area contributed by atoms with E-state index in [0.29, 0.717) is 31.1 Å². The molecule has 1 aromatic heterocycles. The van der Waals surface area contributed by atoms with Crippen LogP contribution >= 0.6 is 0 Å². The summed E-state index contributed by atoms with van der Waals surface area (Å²) in [5.74, 6) is 0.406. The summed E-state index contributed by atoms with van der Waals surface area (Å²) < 4.78 is 0. The molecular weight excluding hydrogens is 194 g/mol. The third-order valence-corrected chi connectivity index (χ3v) is 1.68. The van der Waals surface area contributed by atoms with Gasteiger partial charge in [0.15, 0.2) is 5.69 Å². The Balaban J connectivity index is 2.59. The highest BCUT2D eigenvalue weighted by molar-refractivity contribution is 5.92. The minimum absolute atomic E-state index is 0.213. The number of anilines is 1. The highest BCUT2D eigenvalue weighted by atomic mass is 16.1. The monoisotopic (exact) mass is 209 g/mol. The number of nitrogens with zero attached hydrogens (tertiary/aromatic N) is 2. The first-order valence-corrected chi connectivity index (χ1v) is 4.83. The molecule has 0 atom stereocenters. The fraction of sp³-hybridized carbons (Fsp3) is 0.444. The van der Waals surface area contributed by atoms with E-state index in [9.17, 15) is 4.79 Å². The van der Waals surface area contributed by atoms with E-state index < -0.39 is 0 Å². The number of nitrogens with one attached hydrogen (secondary N) is 2. The Hall–Kier alpha value is -1.69. The first-order valence-electron chi connectivity index (χ1n) is 4.83. The van der Waals surface area contributed by atoms with Gasteiger partial charge in [0.25, 0.3) is 5.91 Å². The van der Waals surface area contributed by atoms with Crippen LogP contribution < -0.4 is 16.4 Å². The van der Waals surface area contributed by atoms with Crippen molar-refractivity contribution in [3.8, 4) is 0 Å². The molecule has 0 fully saturated rings. The average molecular weight is 209 g/mol. The lowest BCUT2D eigenvalue weighted by molar-refractivity contribution is 0.0950. The van der Waals surface area contributed by atoms with Crippen molar-refractivity contribution in [2.45, 2.75) is 6.92 Å². The number of nitrogens with two attached hydrogens (primary N) is 1. The summed E-state index contributed by atoms with van der Waals surface area (Å²) in [6.45, 7) is 3.59. The molecule has 0 saturated heterocycles. The maximum Gasteiger partial charge on any atom is 0.271 e. The summed E-state index contributed by atoms with van der Waals surface area (Å²) in [4.78, 5) is 11.3. The number of amides is 1. The number of rotatable bonds is 5. The Morgan fingerprint density at radius 2 is 2.27 bits per heavy atom. The van der Waals surface area contributed by atoms with Crippen molar-refractivity contribution in [2.75, 3.05) is 25.0 Å². The molecule has 0 bridgehead atoms. The normalized spacial score (nSPS) is 9.73. The Bertz CT molecular complexity index is 311. The fourth-order valence-electron chi connectivity index (χ4n) is 0.999. The molecule has 0 radical (unpaired) electrons. The van der Waals surface area contributed by atoms with Gasteiger partial charge in [-0.1, -0.05) is 0 Å². The lowest BCUT2D eigenvalue weighted by Gasteiger charge is -2.03. The van der Waals surface area contributed by atoms with E-state index in [1.54, 1.807) is 12.1 Å². The molecule has 0 aliphatic rings. The second-order valence-electron chi connectivity index (χ2n) is 2.88. The second kappa shape index (κ2) is 5.92. The molecule has 1 heterocycles. The molecule has 1 aromatic rings. The van der Waals surface area contributed by atoms with Crippen LogP contribution in [0.1, 0.15) is 17.4 Å². The average Bonchev–Trinajstić information content (AvgIpc) is 2.27. The fourth-order valence-corrected chi connectivity index (χ4v) is 0.999. The van der Waals surface area contributed by atoms with E-state index in [1.165, 1.54) is 0 Å². The highest BCUT2D eigenvalue weighted by Crippen LogP contribution is 2.00. The molecule has 0 unspecified atom stereocenters. The summed E-state index contributed by atoms with van der Waals surface area (Å²) in [5.41, 5.74) is 5.63. The van der Waals surface area contributed by atoms with Gasteiger partial charge in [0, 0.05) is 19.6 Å². The maximum absolute atomic E-state index is 11.3. The van der Waals surface area contributed by atoms with Gasteiger partial charge in [-0.05, 0) is 19.1 Å². The third kappa shape index (κ3) is 3.51. The zero-order valence-corrected chi connectivity index (χ0v) is 8.66. The number of aromatic nitrogens is 2. The molecule has 4 N–H and O–H groups in total. The van der Waals surface area contributed by atoms with Crippen molar-refractivity contribution in [1.29, 1.82) is 0 Å². The Labute approximate surface area is 88.3 Å². The molecular formula is C9H15N5O. The van der Waals surface area contributed by atoms with Crippen LogP contribution in [0, 0.1) is 0 Å². The predicted molar refractivity (Wildman–Crippen MR) is 57.6 cm³/mol. The van der Waals surface area contributed by atoms with Crippen molar-refractivity contribution in [1.82, 2.24) is 15.5 Å². The van der Waals surface area contributed by atoms with Gasteiger partial charge in [0.1, 0.15) is 5.82 Å². The van der Waals surface area contributed by atoms with Crippen molar-refractivity contribution >= 4 is 11.7 Å². The lowest BCUT2D eigenvalue weighted by Crippen LogP contribution is -2.24. The van der Waals surface area contributed by atoms with E-state index in [4.69, 9.17) is 5.73 Å². The number of hydrogen-bond acceptors (Lipinski definition) is 5. The van der Waals surface area contributed by atoms with Gasteiger partial charge in [-0.3, -0.25) is 4.79 Å². The van der Waals surface area contributed by atoms with Crippen LogP contribution in [0.3, 0.4) is 0 Å². The molecule has 0 saturated carbocycles. The molecule has 6 nitrogen and oxygen atoms in total. The van der Waals surface area contributed by atoms with Gasteiger partial charge in [0.05, 0.1) is 0 Å². The number of carbonyl (C=O) groups excluding carboxylic acids is 1. The summed E-state index contributed by atoms with van der Waals surface area (Å²) >= 11 is 0. The molecule has 0 aromatic carbocycles. The first kappa shape index (κ1) is 11.4. The van der Waals surface area contributed by atoms with Crippen LogP contribution in [0.4, 0.5) is 5.82 Å². The van der Waals surface area contributed by atoms with Gasteiger partial charge in [0.2, 0.25) is 0 Å². The van der Waals surface area contributed by atoms with Crippen LogP contribution in [0.25, 0.3) is 0 Å². The van der Waals surface area contributed by atoms with E-state index in [2.05, 4.69) is 20.8 Å². The first-order chi connectivity index (χ1) is 7.27. The van der Waals surface area contributed by atoms with Gasteiger partial charge in [-0.2, -0.15) is 0 Å². The van der Waals surface area contributed by atoms with Gasteiger partial charge in [-0.15, -0.1) is 10.2 Å². The smallest absolute Gasteiger partial charge is 0.271 e. The zero-order chi connectivity index (χ0) is 11.1. The largest absolute Gasteiger partial charge is 0.367 e. The topological polar surface area (TPSA) is 92.9 Å². The Kier molecular flexibility index (Phi) is 4.49. The highest BCUT2D eigenvalue weighted by Gasteiger charge is 2.05. The minimum atomic E-state index is -0.213. The van der Waals surface area contributed by atoms with E-state index in [1.807, 2.05) is 6.92 Å².